The molecule has 0 atom stereocenters. The number of hydrogen-bond donors (Lipinski definition) is 1. The maximum absolute atomic E-state index is 12.4. The van der Waals surface area contributed by atoms with Crippen LogP contribution in [0.1, 0.15) is 16.1 Å². The molecule has 1 fully saturated rings. The minimum atomic E-state index is -0.126. The molecule has 2 amide bonds. The fraction of sp³-hybridized carbons (Fsp3) is 0.286. The molecule has 0 spiro atoms. The molecule has 3 heterocycles. The lowest BCUT2D eigenvalue weighted by Crippen LogP contribution is -2.50. The Morgan fingerprint density at radius 2 is 1.87 bits per heavy atom. The zero-order valence-corrected chi connectivity index (χ0v) is 17.4. The van der Waals surface area contributed by atoms with E-state index in [0.29, 0.717) is 37.0 Å². The second kappa shape index (κ2) is 9.10. The quantitative estimate of drug-likeness (QED) is 0.678. The molecular weight excluding hydrogens is 400 g/mol. The molecular formula is C21H22N6O2S. The predicted octanol–water partition coefficient (Wildman–Crippen LogP) is 2.31. The Morgan fingerprint density at radius 3 is 2.57 bits per heavy atom. The fourth-order valence-corrected chi connectivity index (χ4v) is 3.97. The molecule has 1 saturated heterocycles. The zero-order valence-electron chi connectivity index (χ0n) is 16.6. The van der Waals surface area contributed by atoms with Crippen LogP contribution in [-0.4, -0.2) is 69.3 Å². The Hall–Kier alpha value is -3.17. The highest BCUT2D eigenvalue weighted by molar-refractivity contribution is 7.14. The molecule has 0 unspecified atom stereocenters. The first-order valence-electron chi connectivity index (χ1n) is 9.68. The summed E-state index contributed by atoms with van der Waals surface area (Å²) >= 11 is 1.41. The Morgan fingerprint density at radius 1 is 1.10 bits per heavy atom. The molecule has 0 radical (unpaired) electrons. The Labute approximate surface area is 178 Å². The number of amides is 2. The largest absolute Gasteiger partial charge is 0.335 e. The first-order valence-corrected chi connectivity index (χ1v) is 10.6. The van der Waals surface area contributed by atoms with Gasteiger partial charge in [0.1, 0.15) is 5.69 Å². The van der Waals surface area contributed by atoms with Gasteiger partial charge >= 0.3 is 0 Å². The lowest BCUT2D eigenvalue weighted by Gasteiger charge is -2.33. The van der Waals surface area contributed by atoms with E-state index in [0.717, 1.165) is 11.3 Å². The number of hydrogen-bond acceptors (Lipinski definition) is 7. The highest BCUT2D eigenvalue weighted by Gasteiger charge is 2.24. The van der Waals surface area contributed by atoms with Crippen LogP contribution in [0.5, 0.6) is 0 Å². The van der Waals surface area contributed by atoms with Gasteiger partial charge in [0.15, 0.2) is 5.13 Å². The molecule has 3 aromatic rings. The Bertz CT molecular complexity index is 1010. The van der Waals surface area contributed by atoms with Gasteiger partial charge in [0, 0.05) is 49.5 Å². The summed E-state index contributed by atoms with van der Waals surface area (Å²) in [5.41, 5.74) is 3.42. The maximum Gasteiger partial charge on any atom is 0.274 e. The highest BCUT2D eigenvalue weighted by Crippen LogP contribution is 2.25. The average Bonchev–Trinajstić information content (AvgIpc) is 3.23. The maximum atomic E-state index is 12.4. The normalized spacial score (nSPS) is 14.5. The number of nitrogens with one attached hydrogen (secondary N) is 1. The summed E-state index contributed by atoms with van der Waals surface area (Å²) in [6, 6.07) is 8.14. The standard InChI is InChI=1S/C21H22N6O2S/c1-15-2-4-16(5-3-15)18-14-30-21(24-18)25-19(28)13-26-8-10-27(11-9-26)20(29)17-12-22-6-7-23-17/h2-7,12,14H,8-11,13H2,1H3,(H,24,25,28). The van der Waals surface area contributed by atoms with E-state index in [2.05, 4.69) is 20.3 Å². The lowest BCUT2D eigenvalue weighted by molar-refractivity contribution is -0.117. The summed E-state index contributed by atoms with van der Waals surface area (Å²) < 4.78 is 0. The minimum Gasteiger partial charge on any atom is -0.335 e. The summed E-state index contributed by atoms with van der Waals surface area (Å²) in [5.74, 6) is -0.230. The number of thiazole rings is 1. The van der Waals surface area contributed by atoms with Crippen molar-refractivity contribution < 1.29 is 9.59 Å². The van der Waals surface area contributed by atoms with Gasteiger partial charge in [-0.05, 0) is 6.92 Å². The highest BCUT2D eigenvalue weighted by atomic mass is 32.1. The van der Waals surface area contributed by atoms with Crippen molar-refractivity contribution in [2.75, 3.05) is 38.0 Å². The number of carbonyl (C=O) groups is 2. The van der Waals surface area contributed by atoms with Crippen molar-refractivity contribution in [3.63, 3.8) is 0 Å². The van der Waals surface area contributed by atoms with E-state index < -0.39 is 0 Å². The van der Waals surface area contributed by atoms with Crippen molar-refractivity contribution in [3.8, 4) is 11.3 Å². The van der Waals surface area contributed by atoms with Gasteiger partial charge in [0.2, 0.25) is 5.91 Å². The van der Waals surface area contributed by atoms with E-state index in [1.165, 1.54) is 29.3 Å². The minimum absolute atomic E-state index is 0.103. The first kappa shape index (κ1) is 20.1. The number of anilines is 1. The molecule has 1 aromatic carbocycles. The van der Waals surface area contributed by atoms with Gasteiger partial charge in [-0.3, -0.25) is 19.5 Å². The molecule has 4 rings (SSSR count). The first-order chi connectivity index (χ1) is 14.6. The molecule has 8 nitrogen and oxygen atoms in total. The van der Waals surface area contributed by atoms with E-state index in [4.69, 9.17) is 0 Å². The molecule has 154 valence electrons. The van der Waals surface area contributed by atoms with Crippen LogP contribution in [0.3, 0.4) is 0 Å². The van der Waals surface area contributed by atoms with Crippen LogP contribution >= 0.6 is 11.3 Å². The Kier molecular flexibility index (Phi) is 6.10. The van der Waals surface area contributed by atoms with E-state index in [9.17, 15) is 9.59 Å². The Balaban J connectivity index is 1.26. The van der Waals surface area contributed by atoms with Crippen molar-refractivity contribution in [3.05, 3.63) is 59.5 Å². The summed E-state index contributed by atoms with van der Waals surface area (Å²) in [5, 5.41) is 5.41. The number of aryl methyl sites for hydroxylation is 1. The van der Waals surface area contributed by atoms with Crippen molar-refractivity contribution in [1.29, 1.82) is 0 Å². The SMILES string of the molecule is Cc1ccc(-c2csc(NC(=O)CN3CCN(C(=O)c4cnccn4)CC3)n2)cc1. The number of carbonyl (C=O) groups excluding carboxylic acids is 2. The van der Waals surface area contributed by atoms with Crippen LogP contribution in [0.4, 0.5) is 5.13 Å². The van der Waals surface area contributed by atoms with Gasteiger partial charge in [0.25, 0.3) is 5.91 Å². The third-order valence-electron chi connectivity index (χ3n) is 4.91. The number of aromatic nitrogens is 3. The topological polar surface area (TPSA) is 91.3 Å². The summed E-state index contributed by atoms with van der Waals surface area (Å²) in [4.78, 5) is 41.1. The van der Waals surface area contributed by atoms with Crippen molar-refractivity contribution in [2.24, 2.45) is 0 Å². The molecule has 1 N–H and O–H groups in total. The summed E-state index contributed by atoms with van der Waals surface area (Å²) in [6.45, 7) is 4.68. The average molecular weight is 423 g/mol. The van der Waals surface area contributed by atoms with Crippen LogP contribution in [0.15, 0.2) is 48.2 Å². The molecule has 1 aliphatic heterocycles. The van der Waals surface area contributed by atoms with Gasteiger partial charge in [-0.1, -0.05) is 29.8 Å². The number of benzene rings is 1. The van der Waals surface area contributed by atoms with Crippen molar-refractivity contribution in [1.82, 2.24) is 24.8 Å². The second-order valence-corrected chi connectivity index (χ2v) is 7.97. The predicted molar refractivity (Wildman–Crippen MR) is 115 cm³/mol. The van der Waals surface area contributed by atoms with E-state index in [-0.39, 0.29) is 18.4 Å². The molecule has 0 aliphatic carbocycles. The third-order valence-corrected chi connectivity index (χ3v) is 5.66. The smallest absolute Gasteiger partial charge is 0.274 e. The van der Waals surface area contributed by atoms with Crippen molar-refractivity contribution >= 4 is 28.3 Å². The van der Waals surface area contributed by atoms with Gasteiger partial charge in [-0.2, -0.15) is 0 Å². The molecule has 2 aromatic heterocycles. The summed E-state index contributed by atoms with van der Waals surface area (Å²) in [6.07, 6.45) is 4.53. The molecule has 1 aliphatic rings. The number of rotatable bonds is 5. The molecule has 30 heavy (non-hydrogen) atoms. The van der Waals surface area contributed by atoms with Crippen molar-refractivity contribution in [2.45, 2.75) is 6.92 Å². The molecule has 0 bridgehead atoms. The van der Waals surface area contributed by atoms with Crippen LogP contribution in [0, 0.1) is 6.92 Å². The monoisotopic (exact) mass is 422 g/mol. The van der Waals surface area contributed by atoms with E-state index >= 15 is 0 Å². The van der Waals surface area contributed by atoms with Crippen LogP contribution in [0.25, 0.3) is 11.3 Å². The third kappa shape index (κ3) is 4.87. The van der Waals surface area contributed by atoms with Crippen LogP contribution in [-0.2, 0) is 4.79 Å². The van der Waals surface area contributed by atoms with E-state index in [1.54, 1.807) is 11.1 Å². The van der Waals surface area contributed by atoms with E-state index in [1.807, 2.05) is 41.5 Å². The van der Waals surface area contributed by atoms with Gasteiger partial charge in [-0.15, -0.1) is 11.3 Å². The fourth-order valence-electron chi connectivity index (χ4n) is 3.23. The number of nitrogens with zero attached hydrogens (tertiary/aromatic N) is 5. The molecule has 9 heteroatoms. The van der Waals surface area contributed by atoms with Crippen LogP contribution in [0.2, 0.25) is 0 Å². The zero-order chi connectivity index (χ0) is 20.9. The van der Waals surface area contributed by atoms with Gasteiger partial charge in [0.05, 0.1) is 18.4 Å². The molecule has 0 saturated carbocycles. The number of piperazine rings is 1. The second-order valence-electron chi connectivity index (χ2n) is 7.11. The van der Waals surface area contributed by atoms with Gasteiger partial charge < -0.3 is 10.2 Å². The van der Waals surface area contributed by atoms with Crippen LogP contribution < -0.4 is 5.32 Å². The summed E-state index contributed by atoms with van der Waals surface area (Å²) in [7, 11) is 0. The van der Waals surface area contributed by atoms with Gasteiger partial charge in [-0.25, -0.2) is 9.97 Å². The lowest BCUT2D eigenvalue weighted by atomic mass is 10.1.